The van der Waals surface area contributed by atoms with E-state index in [1.54, 1.807) is 6.07 Å². The number of carboxylic acid groups (broad SMARTS) is 1. The van der Waals surface area contributed by atoms with Crippen molar-refractivity contribution in [1.82, 2.24) is 0 Å². The lowest BCUT2D eigenvalue weighted by molar-refractivity contribution is 0.0697. The fraction of sp³-hybridized carbons (Fsp3) is 0. The maximum atomic E-state index is 10.6. The van der Waals surface area contributed by atoms with E-state index in [4.69, 9.17) is 5.11 Å². The van der Waals surface area contributed by atoms with Crippen molar-refractivity contribution in [3.63, 3.8) is 0 Å². The highest BCUT2D eigenvalue weighted by Crippen LogP contribution is 2.11. The summed E-state index contributed by atoms with van der Waals surface area (Å²) in [6.07, 6.45) is 0. The SMILES string of the molecule is O=C(O)c1c#cc2ccccc2c1. The van der Waals surface area contributed by atoms with Gasteiger partial charge in [0.25, 0.3) is 0 Å². The van der Waals surface area contributed by atoms with Crippen LogP contribution < -0.4 is 0 Å². The summed E-state index contributed by atoms with van der Waals surface area (Å²) < 4.78 is 0. The fourth-order valence-electron chi connectivity index (χ4n) is 1.18. The first-order valence-electron chi connectivity index (χ1n) is 3.83. The Labute approximate surface area is 75.4 Å². The van der Waals surface area contributed by atoms with Crippen molar-refractivity contribution < 1.29 is 9.90 Å². The molecule has 0 aliphatic heterocycles. The van der Waals surface area contributed by atoms with E-state index in [0.29, 0.717) is 0 Å². The van der Waals surface area contributed by atoms with Crippen molar-refractivity contribution in [1.29, 1.82) is 0 Å². The Morgan fingerprint density at radius 3 is 2.77 bits per heavy atom. The minimum absolute atomic E-state index is 0.152. The van der Waals surface area contributed by atoms with Crippen LogP contribution in [0, 0.1) is 12.1 Å². The zero-order chi connectivity index (χ0) is 9.26. The number of rotatable bonds is 1. The highest BCUT2D eigenvalue weighted by Gasteiger charge is 2.01. The monoisotopic (exact) mass is 170 g/mol. The number of hydrogen-bond donors (Lipinski definition) is 1. The van der Waals surface area contributed by atoms with Crippen molar-refractivity contribution in [2.75, 3.05) is 0 Å². The van der Waals surface area contributed by atoms with Crippen molar-refractivity contribution in [2.45, 2.75) is 0 Å². The summed E-state index contributed by atoms with van der Waals surface area (Å²) in [6.45, 7) is 0. The van der Waals surface area contributed by atoms with Gasteiger partial charge in [0.1, 0.15) is 5.56 Å². The van der Waals surface area contributed by atoms with E-state index in [9.17, 15) is 4.79 Å². The molecule has 62 valence electrons. The Hall–Kier alpha value is -2.01. The van der Waals surface area contributed by atoms with Crippen molar-refractivity contribution in [2.24, 2.45) is 0 Å². The van der Waals surface area contributed by atoms with Crippen LogP contribution in [0.4, 0.5) is 0 Å². The van der Waals surface area contributed by atoms with E-state index in [1.807, 2.05) is 24.3 Å². The summed E-state index contributed by atoms with van der Waals surface area (Å²) in [5.41, 5.74) is 0.152. The zero-order valence-electron chi connectivity index (χ0n) is 6.74. The molecule has 0 aliphatic rings. The molecule has 0 unspecified atom stereocenters. The third-order valence-corrected chi connectivity index (χ3v) is 1.82. The molecule has 0 atom stereocenters. The molecule has 0 bridgehead atoms. The second-order valence-corrected chi connectivity index (χ2v) is 2.70. The molecular formula is C11H6O2. The van der Waals surface area contributed by atoms with Gasteiger partial charge in [0.2, 0.25) is 0 Å². The number of benzene rings is 1. The predicted molar refractivity (Wildman–Crippen MR) is 48.6 cm³/mol. The van der Waals surface area contributed by atoms with E-state index in [0.717, 1.165) is 10.8 Å². The van der Waals surface area contributed by atoms with E-state index >= 15 is 0 Å². The first-order chi connectivity index (χ1) is 6.27. The molecule has 1 N–H and O–H groups in total. The van der Waals surface area contributed by atoms with Gasteiger partial charge in [-0.1, -0.05) is 30.3 Å². The summed E-state index contributed by atoms with van der Waals surface area (Å²) in [7, 11) is 0. The van der Waals surface area contributed by atoms with Crippen molar-refractivity contribution >= 4 is 16.7 Å². The first kappa shape index (κ1) is 7.63. The summed E-state index contributed by atoms with van der Waals surface area (Å²) in [5.74, 6) is -0.970. The van der Waals surface area contributed by atoms with Gasteiger partial charge in [0.05, 0.1) is 0 Å². The van der Waals surface area contributed by atoms with E-state index < -0.39 is 5.97 Å². The molecule has 0 aliphatic carbocycles. The van der Waals surface area contributed by atoms with Crippen LogP contribution in [0.1, 0.15) is 10.4 Å². The molecule has 13 heavy (non-hydrogen) atoms. The van der Waals surface area contributed by atoms with Crippen LogP contribution in [0.25, 0.3) is 10.8 Å². The van der Waals surface area contributed by atoms with Crippen LogP contribution in [-0.2, 0) is 0 Å². The molecule has 0 heterocycles. The lowest BCUT2D eigenvalue weighted by atomic mass is 10.1. The van der Waals surface area contributed by atoms with Crippen LogP contribution >= 0.6 is 0 Å². The summed E-state index contributed by atoms with van der Waals surface area (Å²) in [4.78, 5) is 10.6. The van der Waals surface area contributed by atoms with Gasteiger partial charge in [-0.15, -0.1) is 0 Å². The van der Waals surface area contributed by atoms with Crippen molar-refractivity contribution in [3.8, 4) is 0 Å². The fourth-order valence-corrected chi connectivity index (χ4v) is 1.18. The Bertz CT molecular complexity index is 460. The third-order valence-electron chi connectivity index (χ3n) is 1.82. The Morgan fingerprint density at radius 1 is 1.23 bits per heavy atom. The molecule has 2 nitrogen and oxygen atoms in total. The normalized spacial score (nSPS) is 9.54. The van der Waals surface area contributed by atoms with E-state index in [-0.39, 0.29) is 5.56 Å². The Morgan fingerprint density at radius 2 is 2.00 bits per heavy atom. The van der Waals surface area contributed by atoms with Crippen LogP contribution in [0.5, 0.6) is 0 Å². The molecular weight excluding hydrogens is 164 g/mol. The highest BCUT2D eigenvalue weighted by atomic mass is 16.4. The predicted octanol–water partition coefficient (Wildman–Crippen LogP) is 2.14. The average molecular weight is 170 g/mol. The number of hydrogen-bond acceptors (Lipinski definition) is 1. The van der Waals surface area contributed by atoms with Gasteiger partial charge >= 0.3 is 5.97 Å². The topological polar surface area (TPSA) is 37.3 Å². The van der Waals surface area contributed by atoms with Crippen LogP contribution in [0.3, 0.4) is 0 Å². The highest BCUT2D eigenvalue weighted by molar-refractivity contribution is 5.92. The molecule has 0 fully saturated rings. The number of carbonyl (C=O) groups is 1. The number of carboxylic acids is 1. The van der Waals surface area contributed by atoms with Gasteiger partial charge in [-0.05, 0) is 17.5 Å². The largest absolute Gasteiger partial charge is 0.477 e. The smallest absolute Gasteiger partial charge is 0.344 e. The van der Waals surface area contributed by atoms with Gasteiger partial charge in [-0.25, -0.2) is 4.79 Å². The molecule has 0 aromatic heterocycles. The van der Waals surface area contributed by atoms with Crippen LogP contribution in [-0.4, -0.2) is 11.1 Å². The molecule has 0 saturated heterocycles. The first-order valence-corrected chi connectivity index (χ1v) is 3.83. The third kappa shape index (κ3) is 1.32. The second-order valence-electron chi connectivity index (χ2n) is 2.70. The Kier molecular flexibility index (Phi) is 1.64. The molecule has 0 spiro atoms. The standard InChI is InChI=1S/C11H6O2/c12-11(13)10-6-5-8-3-1-2-4-9(8)7-10/h1-4,7H,(H,12,13). The minimum atomic E-state index is -0.970. The minimum Gasteiger partial charge on any atom is -0.477 e. The maximum Gasteiger partial charge on any atom is 0.344 e. The van der Waals surface area contributed by atoms with Gasteiger partial charge in [-0.2, -0.15) is 0 Å². The molecule has 0 amide bonds. The second kappa shape index (κ2) is 2.80. The van der Waals surface area contributed by atoms with E-state index in [1.165, 1.54) is 0 Å². The summed E-state index contributed by atoms with van der Waals surface area (Å²) in [6, 6.07) is 14.4. The van der Waals surface area contributed by atoms with Gasteiger partial charge in [0, 0.05) is 5.39 Å². The maximum absolute atomic E-state index is 10.6. The zero-order valence-corrected chi connectivity index (χ0v) is 6.74. The summed E-state index contributed by atoms with van der Waals surface area (Å²) in [5, 5.41) is 10.4. The average Bonchev–Trinajstić information content (AvgIpc) is 2.17. The molecule has 2 aromatic rings. The van der Waals surface area contributed by atoms with Gasteiger partial charge in [-0.3, -0.25) is 0 Å². The van der Waals surface area contributed by atoms with E-state index in [2.05, 4.69) is 12.1 Å². The summed E-state index contributed by atoms with van der Waals surface area (Å²) >= 11 is 0. The Balaban J connectivity index is 2.69. The molecule has 0 radical (unpaired) electrons. The number of fused-ring (bicyclic) bond motifs is 1. The van der Waals surface area contributed by atoms with Gasteiger partial charge < -0.3 is 5.11 Å². The molecule has 2 heteroatoms. The van der Waals surface area contributed by atoms with Crippen molar-refractivity contribution in [3.05, 3.63) is 48.0 Å². The van der Waals surface area contributed by atoms with Crippen LogP contribution in [0.15, 0.2) is 30.3 Å². The van der Waals surface area contributed by atoms with Gasteiger partial charge in [0.15, 0.2) is 0 Å². The van der Waals surface area contributed by atoms with Crippen LogP contribution in [0.2, 0.25) is 0 Å². The number of aromatic carboxylic acids is 1. The molecule has 2 rings (SSSR count). The quantitative estimate of drug-likeness (QED) is 0.711. The lowest BCUT2D eigenvalue weighted by Crippen LogP contribution is -1.93. The molecule has 2 aromatic carbocycles. The molecule has 0 saturated carbocycles. The lowest BCUT2D eigenvalue weighted by Gasteiger charge is -1.93.